The number of piperidine rings is 1. The first-order valence-corrected chi connectivity index (χ1v) is 8.22. The number of carbonyl (C=O) groups excluding carboxylic acids is 1. The molecular formula is C14H24N4O2S. The van der Waals surface area contributed by atoms with Crippen molar-refractivity contribution in [2.24, 2.45) is 5.92 Å². The molecule has 1 fully saturated rings. The number of hydrogen-bond donors (Lipinski definition) is 1. The van der Waals surface area contributed by atoms with Crippen LogP contribution in [0.15, 0.2) is 0 Å². The molecule has 0 spiro atoms. The van der Waals surface area contributed by atoms with Crippen LogP contribution in [0.1, 0.15) is 38.4 Å². The van der Waals surface area contributed by atoms with Gasteiger partial charge in [-0.15, -0.1) is 0 Å². The molecular weight excluding hydrogens is 288 g/mol. The number of anilines is 1. The number of nitrogens with zero attached hydrogens (tertiary/aromatic N) is 3. The molecule has 6 nitrogen and oxygen atoms in total. The minimum atomic E-state index is -0.158. The van der Waals surface area contributed by atoms with Crippen molar-refractivity contribution in [1.82, 2.24) is 14.3 Å². The lowest BCUT2D eigenvalue weighted by atomic mass is 9.98. The highest BCUT2D eigenvalue weighted by atomic mass is 32.1. The molecule has 0 amide bonds. The van der Waals surface area contributed by atoms with Crippen molar-refractivity contribution in [3.63, 3.8) is 0 Å². The Kier molecular flexibility index (Phi) is 5.93. The average Bonchev–Trinajstić information content (AvgIpc) is 2.94. The number of likely N-dealkylation sites (tertiary alicyclic amines) is 1. The van der Waals surface area contributed by atoms with Crippen molar-refractivity contribution >= 4 is 22.6 Å². The Hall–Kier alpha value is -1.21. The summed E-state index contributed by atoms with van der Waals surface area (Å²) in [7, 11) is 1.44. The molecule has 1 aromatic rings. The SMILES string of the molecule is COC(=O)CN1CCC[C@H](CNc2nc(C(C)C)ns2)C1. The van der Waals surface area contributed by atoms with Gasteiger partial charge in [0.15, 0.2) is 0 Å². The standard InChI is InChI=1S/C14H24N4O2S/c1-10(2)13-16-14(21-17-13)15-7-11-5-4-6-18(8-11)9-12(19)20-3/h10-11H,4-9H2,1-3H3,(H,15,16,17)/t11-/m1/s1. The van der Waals surface area contributed by atoms with Gasteiger partial charge in [-0.1, -0.05) is 13.8 Å². The molecule has 2 rings (SSSR count). The van der Waals surface area contributed by atoms with Crippen molar-refractivity contribution in [3.8, 4) is 0 Å². The van der Waals surface area contributed by atoms with Crippen LogP contribution < -0.4 is 5.32 Å². The van der Waals surface area contributed by atoms with Gasteiger partial charge >= 0.3 is 5.97 Å². The van der Waals surface area contributed by atoms with Crippen molar-refractivity contribution in [1.29, 1.82) is 0 Å². The van der Waals surface area contributed by atoms with E-state index in [0.29, 0.717) is 18.4 Å². The van der Waals surface area contributed by atoms with E-state index in [0.717, 1.165) is 37.0 Å². The fourth-order valence-electron chi connectivity index (χ4n) is 2.48. The number of rotatable bonds is 6. The first-order chi connectivity index (χ1) is 10.1. The van der Waals surface area contributed by atoms with Crippen molar-refractivity contribution in [2.45, 2.75) is 32.6 Å². The molecule has 1 saturated heterocycles. The van der Waals surface area contributed by atoms with Gasteiger partial charge < -0.3 is 10.1 Å². The highest BCUT2D eigenvalue weighted by molar-refractivity contribution is 7.09. The van der Waals surface area contributed by atoms with E-state index < -0.39 is 0 Å². The van der Waals surface area contributed by atoms with E-state index in [2.05, 4.69) is 33.4 Å². The Morgan fingerprint density at radius 3 is 3.05 bits per heavy atom. The molecule has 1 aliphatic heterocycles. The fourth-order valence-corrected chi connectivity index (χ4v) is 3.20. The molecule has 1 N–H and O–H groups in total. The summed E-state index contributed by atoms with van der Waals surface area (Å²) >= 11 is 1.42. The summed E-state index contributed by atoms with van der Waals surface area (Å²) in [5.74, 6) is 1.64. The molecule has 0 radical (unpaired) electrons. The van der Waals surface area contributed by atoms with Gasteiger partial charge in [0.05, 0.1) is 13.7 Å². The van der Waals surface area contributed by atoms with E-state index in [9.17, 15) is 4.79 Å². The summed E-state index contributed by atoms with van der Waals surface area (Å²) in [6.45, 7) is 7.36. The van der Waals surface area contributed by atoms with Crippen LogP contribution in [0, 0.1) is 5.92 Å². The van der Waals surface area contributed by atoms with Crippen LogP contribution in [-0.2, 0) is 9.53 Å². The van der Waals surface area contributed by atoms with Gasteiger partial charge in [-0.25, -0.2) is 4.98 Å². The van der Waals surface area contributed by atoms with E-state index in [1.54, 1.807) is 0 Å². The summed E-state index contributed by atoms with van der Waals surface area (Å²) in [5, 5.41) is 4.27. The Morgan fingerprint density at radius 2 is 2.38 bits per heavy atom. The van der Waals surface area contributed by atoms with Crippen LogP contribution in [0.3, 0.4) is 0 Å². The second-order valence-corrected chi connectivity index (χ2v) is 6.56. The lowest BCUT2D eigenvalue weighted by molar-refractivity contribution is -0.142. The highest BCUT2D eigenvalue weighted by Gasteiger charge is 2.22. The summed E-state index contributed by atoms with van der Waals surface area (Å²) < 4.78 is 9.07. The topological polar surface area (TPSA) is 67.3 Å². The number of hydrogen-bond acceptors (Lipinski definition) is 7. The largest absolute Gasteiger partial charge is 0.468 e. The second kappa shape index (κ2) is 7.70. The summed E-state index contributed by atoms with van der Waals surface area (Å²) in [6, 6.07) is 0. The molecule has 118 valence electrons. The predicted octanol–water partition coefficient (Wildman–Crippen LogP) is 1.96. The first kappa shape index (κ1) is 16.2. The number of methoxy groups -OCH3 is 1. The van der Waals surface area contributed by atoms with Gasteiger partial charge in [-0.3, -0.25) is 9.69 Å². The maximum Gasteiger partial charge on any atom is 0.319 e. The predicted molar refractivity (Wildman–Crippen MR) is 83.7 cm³/mol. The van der Waals surface area contributed by atoms with Gasteiger partial charge in [0.1, 0.15) is 5.82 Å². The summed E-state index contributed by atoms with van der Waals surface area (Å²) in [5.41, 5.74) is 0. The van der Waals surface area contributed by atoms with E-state index in [4.69, 9.17) is 4.74 Å². The highest BCUT2D eigenvalue weighted by Crippen LogP contribution is 2.20. The quantitative estimate of drug-likeness (QED) is 0.810. The third kappa shape index (κ3) is 4.93. The maximum atomic E-state index is 11.3. The molecule has 0 unspecified atom stereocenters. The summed E-state index contributed by atoms with van der Waals surface area (Å²) in [6.07, 6.45) is 2.30. The number of ether oxygens (including phenoxy) is 1. The van der Waals surface area contributed by atoms with Crippen LogP contribution in [0.25, 0.3) is 0 Å². The van der Waals surface area contributed by atoms with Crippen molar-refractivity contribution in [3.05, 3.63) is 5.82 Å². The maximum absolute atomic E-state index is 11.3. The zero-order chi connectivity index (χ0) is 15.2. The zero-order valence-corrected chi connectivity index (χ0v) is 13.8. The minimum absolute atomic E-state index is 0.158. The molecule has 0 aliphatic carbocycles. The molecule has 1 aliphatic rings. The van der Waals surface area contributed by atoms with Gasteiger partial charge in [0.2, 0.25) is 5.13 Å². The first-order valence-electron chi connectivity index (χ1n) is 7.45. The van der Waals surface area contributed by atoms with E-state index in [1.807, 2.05) is 0 Å². The number of esters is 1. The molecule has 7 heteroatoms. The van der Waals surface area contributed by atoms with Crippen LogP contribution in [0.2, 0.25) is 0 Å². The molecule has 21 heavy (non-hydrogen) atoms. The fraction of sp³-hybridized carbons (Fsp3) is 0.786. The molecule has 0 aromatic carbocycles. The van der Waals surface area contributed by atoms with E-state index in [1.165, 1.54) is 25.1 Å². The monoisotopic (exact) mass is 312 g/mol. The van der Waals surface area contributed by atoms with Crippen LogP contribution in [0.5, 0.6) is 0 Å². The Morgan fingerprint density at radius 1 is 1.57 bits per heavy atom. The Labute approximate surface area is 130 Å². The zero-order valence-electron chi connectivity index (χ0n) is 13.0. The Balaban J connectivity index is 1.78. The lowest BCUT2D eigenvalue weighted by Gasteiger charge is -2.31. The van der Waals surface area contributed by atoms with E-state index in [-0.39, 0.29) is 5.97 Å². The number of aromatic nitrogens is 2. The lowest BCUT2D eigenvalue weighted by Crippen LogP contribution is -2.41. The van der Waals surface area contributed by atoms with Gasteiger partial charge in [-0.05, 0) is 25.3 Å². The van der Waals surface area contributed by atoms with Crippen molar-refractivity contribution in [2.75, 3.05) is 38.6 Å². The molecule has 0 saturated carbocycles. The molecule has 2 heterocycles. The van der Waals surface area contributed by atoms with E-state index >= 15 is 0 Å². The number of carbonyl (C=O) groups is 1. The van der Waals surface area contributed by atoms with Gasteiger partial charge in [0.25, 0.3) is 0 Å². The molecule has 0 bridgehead atoms. The van der Waals surface area contributed by atoms with Gasteiger partial charge in [-0.2, -0.15) is 4.37 Å². The smallest absolute Gasteiger partial charge is 0.319 e. The normalized spacial score (nSPS) is 19.7. The Bertz CT molecular complexity index is 464. The summed E-state index contributed by atoms with van der Waals surface area (Å²) in [4.78, 5) is 18.0. The minimum Gasteiger partial charge on any atom is -0.468 e. The van der Waals surface area contributed by atoms with Crippen LogP contribution >= 0.6 is 11.5 Å². The third-order valence-electron chi connectivity index (χ3n) is 3.68. The molecule has 1 aromatic heterocycles. The van der Waals surface area contributed by atoms with Crippen LogP contribution in [-0.4, -0.2) is 53.5 Å². The average molecular weight is 312 g/mol. The second-order valence-electron chi connectivity index (χ2n) is 5.81. The van der Waals surface area contributed by atoms with Gasteiger partial charge in [0, 0.05) is 30.5 Å². The third-order valence-corrected chi connectivity index (χ3v) is 4.37. The van der Waals surface area contributed by atoms with Crippen molar-refractivity contribution < 1.29 is 9.53 Å². The van der Waals surface area contributed by atoms with Crippen LogP contribution in [0.4, 0.5) is 5.13 Å². The number of nitrogens with one attached hydrogen (secondary N) is 1. The molecule has 1 atom stereocenters.